The lowest BCUT2D eigenvalue weighted by Crippen LogP contribution is -2.22. The first-order chi connectivity index (χ1) is 12.7. The molecule has 0 radical (unpaired) electrons. The molecule has 1 aliphatic rings. The Kier molecular flexibility index (Phi) is 6.73. The molecule has 0 aliphatic carbocycles. The standard InChI is InChI=1S/C20H22INO4/c1-24-19-10-14(7-8-18(19)26-13-17-6-3-9-25-17)12-22-20(23)15-4-2-5-16(21)11-15/h2,4-5,7-8,10-11,17H,3,6,9,12-13H2,1H3,(H,22,23). The van der Waals surface area contributed by atoms with Crippen LogP contribution in [0.2, 0.25) is 0 Å². The third kappa shape index (κ3) is 5.11. The summed E-state index contributed by atoms with van der Waals surface area (Å²) in [7, 11) is 1.61. The Balaban J connectivity index is 1.58. The molecule has 26 heavy (non-hydrogen) atoms. The summed E-state index contributed by atoms with van der Waals surface area (Å²) < 4.78 is 17.9. The van der Waals surface area contributed by atoms with E-state index in [0.29, 0.717) is 30.2 Å². The smallest absolute Gasteiger partial charge is 0.251 e. The van der Waals surface area contributed by atoms with Gasteiger partial charge in [0.1, 0.15) is 6.61 Å². The van der Waals surface area contributed by atoms with Gasteiger partial charge < -0.3 is 19.5 Å². The van der Waals surface area contributed by atoms with Crippen molar-refractivity contribution in [2.24, 2.45) is 0 Å². The Morgan fingerprint density at radius 1 is 1.27 bits per heavy atom. The second kappa shape index (κ2) is 9.23. The van der Waals surface area contributed by atoms with E-state index in [0.717, 1.165) is 28.6 Å². The number of hydrogen-bond acceptors (Lipinski definition) is 4. The van der Waals surface area contributed by atoms with Gasteiger partial charge in [0.05, 0.1) is 13.2 Å². The quantitative estimate of drug-likeness (QED) is 0.630. The van der Waals surface area contributed by atoms with Crippen molar-refractivity contribution in [3.8, 4) is 11.5 Å². The average Bonchev–Trinajstić information content (AvgIpc) is 3.18. The van der Waals surface area contributed by atoms with Gasteiger partial charge in [-0.3, -0.25) is 4.79 Å². The van der Waals surface area contributed by atoms with Crippen molar-refractivity contribution in [2.45, 2.75) is 25.5 Å². The van der Waals surface area contributed by atoms with Gasteiger partial charge in [-0.1, -0.05) is 12.1 Å². The fourth-order valence-corrected chi connectivity index (χ4v) is 3.36. The summed E-state index contributed by atoms with van der Waals surface area (Å²) in [5, 5.41) is 2.93. The number of carbonyl (C=O) groups is 1. The topological polar surface area (TPSA) is 56.8 Å². The van der Waals surface area contributed by atoms with Gasteiger partial charge in [0.15, 0.2) is 11.5 Å². The van der Waals surface area contributed by atoms with Crippen molar-refractivity contribution in [1.82, 2.24) is 5.32 Å². The molecule has 6 heteroatoms. The van der Waals surface area contributed by atoms with Crippen molar-refractivity contribution in [2.75, 3.05) is 20.3 Å². The third-order valence-corrected chi connectivity index (χ3v) is 4.89. The van der Waals surface area contributed by atoms with Crippen LogP contribution in [-0.4, -0.2) is 32.3 Å². The number of halogens is 1. The van der Waals surface area contributed by atoms with Crippen LogP contribution in [0.3, 0.4) is 0 Å². The number of rotatable bonds is 7. The first-order valence-electron chi connectivity index (χ1n) is 8.61. The van der Waals surface area contributed by atoms with E-state index in [-0.39, 0.29) is 12.0 Å². The van der Waals surface area contributed by atoms with Crippen LogP contribution in [0.1, 0.15) is 28.8 Å². The minimum Gasteiger partial charge on any atom is -0.493 e. The number of amides is 1. The lowest BCUT2D eigenvalue weighted by Gasteiger charge is -2.15. The molecule has 0 spiro atoms. The van der Waals surface area contributed by atoms with Crippen molar-refractivity contribution in [3.05, 3.63) is 57.2 Å². The first-order valence-corrected chi connectivity index (χ1v) is 9.68. The Morgan fingerprint density at radius 3 is 2.88 bits per heavy atom. The second-order valence-corrected chi connectivity index (χ2v) is 7.37. The predicted molar refractivity (Wildman–Crippen MR) is 108 cm³/mol. The lowest BCUT2D eigenvalue weighted by molar-refractivity contribution is 0.0669. The molecule has 1 aliphatic heterocycles. The zero-order valence-electron chi connectivity index (χ0n) is 14.7. The summed E-state index contributed by atoms with van der Waals surface area (Å²) in [6.07, 6.45) is 2.28. The molecular formula is C20H22INO4. The number of ether oxygens (including phenoxy) is 3. The predicted octanol–water partition coefficient (Wildman–Crippen LogP) is 3.79. The Hall–Kier alpha value is -1.80. The van der Waals surface area contributed by atoms with Crippen LogP contribution in [0.25, 0.3) is 0 Å². The summed E-state index contributed by atoms with van der Waals surface area (Å²) >= 11 is 2.19. The fourth-order valence-electron chi connectivity index (χ4n) is 2.81. The van der Waals surface area contributed by atoms with E-state index >= 15 is 0 Å². The molecular weight excluding hydrogens is 445 g/mol. The van der Waals surface area contributed by atoms with E-state index in [9.17, 15) is 4.79 Å². The van der Waals surface area contributed by atoms with Gasteiger partial charge in [-0.25, -0.2) is 0 Å². The number of benzene rings is 2. The molecule has 0 saturated carbocycles. The van der Waals surface area contributed by atoms with Crippen LogP contribution in [0, 0.1) is 3.57 Å². The highest BCUT2D eigenvalue weighted by Gasteiger charge is 2.17. The van der Waals surface area contributed by atoms with Crippen molar-refractivity contribution in [3.63, 3.8) is 0 Å². The molecule has 1 N–H and O–H groups in total. The summed E-state index contributed by atoms with van der Waals surface area (Å²) in [4.78, 5) is 12.3. The maximum Gasteiger partial charge on any atom is 0.251 e. The Morgan fingerprint density at radius 2 is 2.15 bits per heavy atom. The van der Waals surface area contributed by atoms with Crippen LogP contribution in [0.4, 0.5) is 0 Å². The zero-order valence-corrected chi connectivity index (χ0v) is 16.8. The van der Waals surface area contributed by atoms with Crippen molar-refractivity contribution in [1.29, 1.82) is 0 Å². The maximum absolute atomic E-state index is 12.3. The monoisotopic (exact) mass is 467 g/mol. The summed E-state index contributed by atoms with van der Waals surface area (Å²) in [5.41, 5.74) is 1.60. The largest absolute Gasteiger partial charge is 0.493 e. The van der Waals surface area contributed by atoms with Crippen LogP contribution in [-0.2, 0) is 11.3 Å². The van der Waals surface area contributed by atoms with Crippen LogP contribution >= 0.6 is 22.6 Å². The van der Waals surface area contributed by atoms with E-state index in [1.807, 2.05) is 36.4 Å². The van der Waals surface area contributed by atoms with Gasteiger partial charge >= 0.3 is 0 Å². The second-order valence-electron chi connectivity index (χ2n) is 6.12. The molecule has 2 aromatic rings. The van der Waals surface area contributed by atoms with Crippen LogP contribution < -0.4 is 14.8 Å². The van der Waals surface area contributed by atoms with Crippen LogP contribution in [0.15, 0.2) is 42.5 Å². The zero-order chi connectivity index (χ0) is 18.4. The molecule has 5 nitrogen and oxygen atoms in total. The highest BCUT2D eigenvalue weighted by atomic mass is 127. The molecule has 1 saturated heterocycles. The molecule has 2 aromatic carbocycles. The number of nitrogens with one attached hydrogen (secondary N) is 1. The molecule has 0 aromatic heterocycles. The number of carbonyl (C=O) groups excluding carboxylic acids is 1. The third-order valence-electron chi connectivity index (χ3n) is 4.22. The lowest BCUT2D eigenvalue weighted by atomic mass is 10.1. The number of methoxy groups -OCH3 is 1. The van der Waals surface area contributed by atoms with Gasteiger partial charge in [0.2, 0.25) is 0 Å². The van der Waals surface area contributed by atoms with Crippen molar-refractivity contribution < 1.29 is 19.0 Å². The van der Waals surface area contributed by atoms with E-state index in [4.69, 9.17) is 14.2 Å². The van der Waals surface area contributed by atoms with Crippen LogP contribution in [0.5, 0.6) is 11.5 Å². The minimum absolute atomic E-state index is 0.0961. The average molecular weight is 467 g/mol. The molecule has 1 amide bonds. The summed E-state index contributed by atoms with van der Waals surface area (Å²) in [6.45, 7) is 1.76. The molecule has 3 rings (SSSR count). The van der Waals surface area contributed by atoms with E-state index in [1.165, 1.54) is 0 Å². The number of hydrogen-bond donors (Lipinski definition) is 1. The van der Waals surface area contributed by atoms with Crippen molar-refractivity contribution >= 4 is 28.5 Å². The molecule has 138 valence electrons. The molecule has 1 unspecified atom stereocenters. The summed E-state index contributed by atoms with van der Waals surface area (Å²) in [6, 6.07) is 13.2. The van der Waals surface area contributed by atoms with E-state index in [2.05, 4.69) is 27.9 Å². The summed E-state index contributed by atoms with van der Waals surface area (Å²) in [5.74, 6) is 1.25. The highest BCUT2D eigenvalue weighted by Crippen LogP contribution is 2.29. The molecule has 1 fully saturated rings. The maximum atomic E-state index is 12.3. The van der Waals surface area contributed by atoms with Gasteiger partial charge in [-0.2, -0.15) is 0 Å². The van der Waals surface area contributed by atoms with Gasteiger partial charge in [-0.05, 0) is 71.3 Å². The van der Waals surface area contributed by atoms with Gasteiger partial charge in [0.25, 0.3) is 5.91 Å². The molecule has 1 heterocycles. The normalized spacial score (nSPS) is 16.3. The Bertz CT molecular complexity index is 759. The molecule has 1 atom stereocenters. The fraction of sp³-hybridized carbons (Fsp3) is 0.350. The SMILES string of the molecule is COc1cc(CNC(=O)c2cccc(I)c2)ccc1OCC1CCCO1. The highest BCUT2D eigenvalue weighted by molar-refractivity contribution is 14.1. The van der Waals surface area contributed by atoms with E-state index in [1.54, 1.807) is 13.2 Å². The Labute approximate surface area is 167 Å². The first kappa shape index (κ1) is 19.0. The minimum atomic E-state index is -0.0961. The molecule has 0 bridgehead atoms. The van der Waals surface area contributed by atoms with E-state index < -0.39 is 0 Å². The van der Waals surface area contributed by atoms with Gasteiger partial charge in [0, 0.05) is 22.3 Å². The van der Waals surface area contributed by atoms with Gasteiger partial charge in [-0.15, -0.1) is 0 Å².